The molecule has 0 spiro atoms. The Morgan fingerprint density at radius 2 is 2.44 bits per heavy atom. The highest BCUT2D eigenvalue weighted by Crippen LogP contribution is 2.23. The minimum atomic E-state index is 0.0932. The van der Waals surface area contributed by atoms with Crippen LogP contribution >= 0.6 is 0 Å². The average Bonchev–Trinajstić information content (AvgIpc) is 2.78. The van der Waals surface area contributed by atoms with Crippen molar-refractivity contribution >= 4 is 5.91 Å². The summed E-state index contributed by atoms with van der Waals surface area (Å²) in [6.45, 7) is 0.543. The Hall–Kier alpha value is -1.29. The van der Waals surface area contributed by atoms with Crippen molar-refractivity contribution in [2.24, 2.45) is 11.7 Å². The van der Waals surface area contributed by atoms with E-state index in [2.05, 4.69) is 5.32 Å². The van der Waals surface area contributed by atoms with Crippen LogP contribution in [0.3, 0.4) is 0 Å². The fourth-order valence-corrected chi connectivity index (χ4v) is 2.19. The van der Waals surface area contributed by atoms with Crippen LogP contribution in [0.5, 0.6) is 0 Å². The van der Waals surface area contributed by atoms with E-state index in [1.165, 1.54) is 0 Å². The lowest BCUT2D eigenvalue weighted by Gasteiger charge is -2.25. The highest BCUT2D eigenvalue weighted by molar-refractivity contribution is 5.78. The van der Waals surface area contributed by atoms with Crippen molar-refractivity contribution in [2.75, 3.05) is 0 Å². The van der Waals surface area contributed by atoms with Crippen molar-refractivity contribution in [2.45, 2.75) is 38.3 Å². The van der Waals surface area contributed by atoms with Gasteiger partial charge in [0.25, 0.3) is 0 Å². The molecule has 2 rings (SSSR count). The fraction of sp³-hybridized carbons (Fsp3) is 0.583. The van der Waals surface area contributed by atoms with E-state index in [0.29, 0.717) is 6.54 Å². The Labute approximate surface area is 95.2 Å². The Morgan fingerprint density at radius 1 is 1.56 bits per heavy atom. The van der Waals surface area contributed by atoms with E-state index in [9.17, 15) is 4.79 Å². The van der Waals surface area contributed by atoms with Crippen molar-refractivity contribution in [1.29, 1.82) is 0 Å². The van der Waals surface area contributed by atoms with E-state index in [1.807, 2.05) is 6.07 Å². The molecule has 0 aromatic carbocycles. The van der Waals surface area contributed by atoms with Gasteiger partial charge in [-0.2, -0.15) is 0 Å². The number of amides is 1. The molecule has 2 unspecified atom stereocenters. The highest BCUT2D eigenvalue weighted by Gasteiger charge is 2.24. The standard InChI is InChI=1S/C12H18N2O2/c13-11-3-1-2-10(6-11)12(15)14-7-9-4-5-16-8-9/h4-5,8,10-11H,1-3,6-7,13H2,(H,14,15). The first-order valence-corrected chi connectivity index (χ1v) is 5.80. The molecule has 0 aliphatic heterocycles. The number of furan rings is 1. The maximum atomic E-state index is 11.8. The second kappa shape index (κ2) is 5.16. The first-order chi connectivity index (χ1) is 7.75. The average molecular weight is 222 g/mol. The van der Waals surface area contributed by atoms with Crippen LogP contribution in [0.4, 0.5) is 0 Å². The van der Waals surface area contributed by atoms with Gasteiger partial charge in [-0.1, -0.05) is 6.42 Å². The number of carbonyl (C=O) groups excluding carboxylic acids is 1. The SMILES string of the molecule is NC1CCCC(C(=O)NCc2ccoc2)C1. The summed E-state index contributed by atoms with van der Waals surface area (Å²) < 4.78 is 4.94. The molecular weight excluding hydrogens is 204 g/mol. The third kappa shape index (κ3) is 2.85. The zero-order chi connectivity index (χ0) is 11.4. The molecule has 4 heteroatoms. The lowest BCUT2D eigenvalue weighted by atomic mass is 9.85. The maximum Gasteiger partial charge on any atom is 0.223 e. The molecule has 2 atom stereocenters. The molecule has 3 N–H and O–H groups in total. The molecule has 1 aromatic heterocycles. The lowest BCUT2D eigenvalue weighted by molar-refractivity contribution is -0.126. The van der Waals surface area contributed by atoms with Gasteiger partial charge < -0.3 is 15.5 Å². The first kappa shape index (κ1) is 11.2. The van der Waals surface area contributed by atoms with Crippen LogP contribution in [0.25, 0.3) is 0 Å². The molecule has 1 fully saturated rings. The Kier molecular flexibility index (Phi) is 3.62. The summed E-state index contributed by atoms with van der Waals surface area (Å²) in [7, 11) is 0. The highest BCUT2D eigenvalue weighted by atomic mass is 16.3. The summed E-state index contributed by atoms with van der Waals surface area (Å²) >= 11 is 0. The van der Waals surface area contributed by atoms with Crippen LogP contribution < -0.4 is 11.1 Å². The lowest BCUT2D eigenvalue weighted by Crippen LogP contribution is -2.37. The molecular formula is C12H18N2O2. The number of rotatable bonds is 3. The predicted molar refractivity (Wildman–Crippen MR) is 60.5 cm³/mol. The van der Waals surface area contributed by atoms with Gasteiger partial charge in [-0.3, -0.25) is 4.79 Å². The van der Waals surface area contributed by atoms with Crippen LogP contribution in [-0.2, 0) is 11.3 Å². The topological polar surface area (TPSA) is 68.3 Å². The normalized spacial score (nSPS) is 25.3. The van der Waals surface area contributed by atoms with Gasteiger partial charge in [0.1, 0.15) is 0 Å². The van der Waals surface area contributed by atoms with E-state index in [4.69, 9.17) is 10.2 Å². The van der Waals surface area contributed by atoms with Gasteiger partial charge in [0.15, 0.2) is 0 Å². The van der Waals surface area contributed by atoms with Crippen molar-refractivity contribution in [3.63, 3.8) is 0 Å². The number of hydrogen-bond donors (Lipinski definition) is 2. The quantitative estimate of drug-likeness (QED) is 0.812. The molecule has 0 bridgehead atoms. The van der Waals surface area contributed by atoms with Crippen molar-refractivity contribution in [3.05, 3.63) is 24.2 Å². The smallest absolute Gasteiger partial charge is 0.223 e. The fourth-order valence-electron chi connectivity index (χ4n) is 2.19. The molecule has 1 aliphatic carbocycles. The third-order valence-electron chi connectivity index (χ3n) is 3.13. The number of carbonyl (C=O) groups is 1. The minimum Gasteiger partial charge on any atom is -0.472 e. The molecule has 4 nitrogen and oxygen atoms in total. The molecule has 0 radical (unpaired) electrons. The van der Waals surface area contributed by atoms with Crippen LogP contribution in [0.1, 0.15) is 31.2 Å². The maximum absolute atomic E-state index is 11.8. The minimum absolute atomic E-state index is 0.0932. The summed E-state index contributed by atoms with van der Waals surface area (Å²) in [5.41, 5.74) is 6.85. The monoisotopic (exact) mass is 222 g/mol. The van der Waals surface area contributed by atoms with Crippen molar-refractivity contribution in [3.8, 4) is 0 Å². The molecule has 1 saturated carbocycles. The van der Waals surface area contributed by atoms with Gasteiger partial charge in [-0.15, -0.1) is 0 Å². The Bertz CT molecular complexity index is 335. The van der Waals surface area contributed by atoms with Crippen LogP contribution in [0, 0.1) is 5.92 Å². The van der Waals surface area contributed by atoms with E-state index in [1.54, 1.807) is 12.5 Å². The summed E-state index contributed by atoms with van der Waals surface area (Å²) in [5.74, 6) is 0.215. The predicted octanol–water partition coefficient (Wildman–Crippen LogP) is 1.41. The molecule has 1 heterocycles. The summed E-state index contributed by atoms with van der Waals surface area (Å²) in [6.07, 6.45) is 7.14. The van der Waals surface area contributed by atoms with Gasteiger partial charge in [-0.25, -0.2) is 0 Å². The molecule has 88 valence electrons. The number of nitrogens with one attached hydrogen (secondary N) is 1. The van der Waals surface area contributed by atoms with Crippen LogP contribution in [0.15, 0.2) is 23.0 Å². The van der Waals surface area contributed by atoms with Crippen LogP contribution in [0.2, 0.25) is 0 Å². The largest absolute Gasteiger partial charge is 0.472 e. The van der Waals surface area contributed by atoms with E-state index < -0.39 is 0 Å². The number of hydrogen-bond acceptors (Lipinski definition) is 3. The first-order valence-electron chi connectivity index (χ1n) is 5.80. The summed E-state index contributed by atoms with van der Waals surface area (Å²) in [6, 6.07) is 2.05. The zero-order valence-corrected chi connectivity index (χ0v) is 9.32. The Balaban J connectivity index is 1.79. The van der Waals surface area contributed by atoms with E-state index in [-0.39, 0.29) is 17.9 Å². The van der Waals surface area contributed by atoms with Gasteiger partial charge in [0.05, 0.1) is 12.5 Å². The van der Waals surface area contributed by atoms with Crippen molar-refractivity contribution < 1.29 is 9.21 Å². The van der Waals surface area contributed by atoms with E-state index in [0.717, 1.165) is 31.2 Å². The van der Waals surface area contributed by atoms with Crippen LogP contribution in [-0.4, -0.2) is 11.9 Å². The molecule has 0 saturated heterocycles. The van der Waals surface area contributed by atoms with Gasteiger partial charge >= 0.3 is 0 Å². The molecule has 16 heavy (non-hydrogen) atoms. The third-order valence-corrected chi connectivity index (χ3v) is 3.13. The summed E-state index contributed by atoms with van der Waals surface area (Å²) in [4.78, 5) is 11.8. The number of nitrogens with two attached hydrogens (primary N) is 1. The van der Waals surface area contributed by atoms with E-state index >= 15 is 0 Å². The second-order valence-corrected chi connectivity index (χ2v) is 4.47. The Morgan fingerprint density at radius 3 is 3.12 bits per heavy atom. The van der Waals surface area contributed by atoms with Gasteiger partial charge in [-0.05, 0) is 25.3 Å². The summed E-state index contributed by atoms with van der Waals surface area (Å²) in [5, 5.41) is 2.92. The zero-order valence-electron chi connectivity index (χ0n) is 9.32. The molecule has 1 aliphatic rings. The molecule has 1 amide bonds. The van der Waals surface area contributed by atoms with Crippen molar-refractivity contribution in [1.82, 2.24) is 5.32 Å². The molecule has 1 aromatic rings. The van der Waals surface area contributed by atoms with Gasteiger partial charge in [0.2, 0.25) is 5.91 Å². The van der Waals surface area contributed by atoms with Gasteiger partial charge in [0, 0.05) is 24.1 Å². The second-order valence-electron chi connectivity index (χ2n) is 4.47.